The lowest BCUT2D eigenvalue weighted by Crippen LogP contribution is -2.45. The number of piperazine rings is 1. The Morgan fingerprint density at radius 3 is 2.57 bits per heavy atom. The molecule has 1 saturated heterocycles. The summed E-state index contributed by atoms with van der Waals surface area (Å²) in [4.78, 5) is 9.47. The van der Waals surface area contributed by atoms with Crippen molar-refractivity contribution in [3.05, 3.63) is 59.4 Å². The van der Waals surface area contributed by atoms with E-state index in [1.807, 2.05) is 12.3 Å². The topological polar surface area (TPSA) is 28.6 Å². The number of rotatable bonds is 4. The SMILES string of the molecule is c1ccc(CN2CCN(Cc3ccc4c(c3)CCO4)CC2)nc1. The fourth-order valence-corrected chi connectivity index (χ4v) is 3.42. The van der Waals surface area contributed by atoms with Gasteiger partial charge in [0.25, 0.3) is 0 Å². The minimum Gasteiger partial charge on any atom is -0.493 e. The Morgan fingerprint density at radius 2 is 1.78 bits per heavy atom. The molecule has 0 unspecified atom stereocenters. The second-order valence-electron chi connectivity index (χ2n) is 6.41. The average molecular weight is 309 g/mol. The molecule has 0 N–H and O–H groups in total. The van der Waals surface area contributed by atoms with Crippen molar-refractivity contribution in [3.63, 3.8) is 0 Å². The van der Waals surface area contributed by atoms with Gasteiger partial charge in [-0.2, -0.15) is 0 Å². The third-order valence-corrected chi connectivity index (χ3v) is 4.74. The quantitative estimate of drug-likeness (QED) is 0.867. The zero-order valence-electron chi connectivity index (χ0n) is 13.4. The highest BCUT2D eigenvalue weighted by atomic mass is 16.5. The van der Waals surface area contributed by atoms with Crippen molar-refractivity contribution in [3.8, 4) is 5.75 Å². The van der Waals surface area contributed by atoms with Crippen LogP contribution in [0.15, 0.2) is 42.6 Å². The van der Waals surface area contributed by atoms with E-state index in [1.54, 1.807) is 0 Å². The summed E-state index contributed by atoms with van der Waals surface area (Å²) in [5.41, 5.74) is 3.95. The van der Waals surface area contributed by atoms with Crippen molar-refractivity contribution in [2.45, 2.75) is 19.5 Å². The van der Waals surface area contributed by atoms with Gasteiger partial charge in [0.15, 0.2) is 0 Å². The highest BCUT2D eigenvalue weighted by Gasteiger charge is 2.18. The summed E-state index contributed by atoms with van der Waals surface area (Å²) in [6.07, 6.45) is 2.93. The molecule has 4 rings (SSSR count). The van der Waals surface area contributed by atoms with Crippen LogP contribution in [0.25, 0.3) is 0 Å². The molecule has 3 heterocycles. The van der Waals surface area contributed by atoms with Crippen LogP contribution in [0.2, 0.25) is 0 Å². The highest BCUT2D eigenvalue weighted by Crippen LogP contribution is 2.26. The van der Waals surface area contributed by atoms with Crippen molar-refractivity contribution in [2.24, 2.45) is 0 Å². The van der Waals surface area contributed by atoms with E-state index in [1.165, 1.54) is 16.8 Å². The predicted molar refractivity (Wildman–Crippen MR) is 90.4 cm³/mol. The van der Waals surface area contributed by atoms with E-state index in [0.29, 0.717) is 0 Å². The molecule has 0 radical (unpaired) electrons. The maximum absolute atomic E-state index is 5.59. The van der Waals surface area contributed by atoms with Crippen molar-refractivity contribution in [2.75, 3.05) is 32.8 Å². The molecule has 4 nitrogen and oxygen atoms in total. The van der Waals surface area contributed by atoms with Gasteiger partial charge in [-0.25, -0.2) is 0 Å². The Balaban J connectivity index is 1.30. The first-order valence-corrected chi connectivity index (χ1v) is 8.46. The first-order chi connectivity index (χ1) is 11.4. The highest BCUT2D eigenvalue weighted by molar-refractivity contribution is 5.39. The molecule has 0 aliphatic carbocycles. The van der Waals surface area contributed by atoms with Gasteiger partial charge in [-0.15, -0.1) is 0 Å². The molecule has 0 atom stereocenters. The second-order valence-corrected chi connectivity index (χ2v) is 6.41. The molecule has 0 saturated carbocycles. The zero-order chi connectivity index (χ0) is 15.5. The smallest absolute Gasteiger partial charge is 0.122 e. The standard InChI is InChI=1S/C19H23N3O/c1-2-7-20-18(3-1)15-22-10-8-21(9-11-22)14-16-4-5-19-17(13-16)6-12-23-19/h1-5,7,13H,6,8-12,14-15H2. The molecule has 1 aromatic carbocycles. The number of ether oxygens (including phenoxy) is 1. The fraction of sp³-hybridized carbons (Fsp3) is 0.421. The molecule has 2 aliphatic heterocycles. The maximum atomic E-state index is 5.59. The third kappa shape index (κ3) is 3.54. The number of hydrogen-bond acceptors (Lipinski definition) is 4. The van der Waals surface area contributed by atoms with Gasteiger partial charge in [-0.1, -0.05) is 18.2 Å². The Morgan fingerprint density at radius 1 is 0.957 bits per heavy atom. The number of aromatic nitrogens is 1. The van der Waals surface area contributed by atoms with Gasteiger partial charge in [-0.05, 0) is 29.3 Å². The second kappa shape index (κ2) is 6.69. The monoisotopic (exact) mass is 309 g/mol. The van der Waals surface area contributed by atoms with Gasteiger partial charge in [0.05, 0.1) is 12.3 Å². The summed E-state index contributed by atoms with van der Waals surface area (Å²) in [5.74, 6) is 1.08. The van der Waals surface area contributed by atoms with E-state index in [0.717, 1.165) is 58.0 Å². The molecule has 0 bridgehead atoms. The summed E-state index contributed by atoms with van der Waals surface area (Å²) in [5, 5.41) is 0. The number of benzene rings is 1. The largest absolute Gasteiger partial charge is 0.493 e. The Labute approximate surface area is 137 Å². The Kier molecular flexibility index (Phi) is 4.26. The van der Waals surface area contributed by atoms with Crippen LogP contribution >= 0.6 is 0 Å². The van der Waals surface area contributed by atoms with Gasteiger partial charge in [0.1, 0.15) is 5.75 Å². The molecule has 1 fully saturated rings. The van der Waals surface area contributed by atoms with E-state index in [9.17, 15) is 0 Å². The summed E-state index contributed by atoms with van der Waals surface area (Å²) in [6, 6.07) is 12.8. The third-order valence-electron chi connectivity index (χ3n) is 4.74. The van der Waals surface area contributed by atoms with Gasteiger partial charge >= 0.3 is 0 Å². The lowest BCUT2D eigenvalue weighted by Gasteiger charge is -2.34. The van der Waals surface area contributed by atoms with E-state index < -0.39 is 0 Å². The number of fused-ring (bicyclic) bond motifs is 1. The zero-order valence-corrected chi connectivity index (χ0v) is 13.4. The first-order valence-electron chi connectivity index (χ1n) is 8.46. The van der Waals surface area contributed by atoms with Crippen molar-refractivity contribution in [1.82, 2.24) is 14.8 Å². The minimum absolute atomic E-state index is 0.838. The van der Waals surface area contributed by atoms with Crippen LogP contribution < -0.4 is 4.74 Å². The molecule has 0 spiro atoms. The van der Waals surface area contributed by atoms with Crippen LogP contribution in [-0.2, 0) is 19.5 Å². The van der Waals surface area contributed by atoms with Crippen LogP contribution in [0.5, 0.6) is 5.75 Å². The van der Waals surface area contributed by atoms with Crippen LogP contribution in [0, 0.1) is 0 Å². The van der Waals surface area contributed by atoms with Gasteiger partial charge in [0, 0.05) is 51.9 Å². The molecule has 1 aromatic heterocycles. The van der Waals surface area contributed by atoms with E-state index >= 15 is 0 Å². The lowest BCUT2D eigenvalue weighted by molar-refractivity contribution is 0.121. The fourth-order valence-electron chi connectivity index (χ4n) is 3.42. The van der Waals surface area contributed by atoms with Crippen molar-refractivity contribution in [1.29, 1.82) is 0 Å². The van der Waals surface area contributed by atoms with Gasteiger partial charge < -0.3 is 4.74 Å². The van der Waals surface area contributed by atoms with E-state index in [2.05, 4.69) is 45.1 Å². The lowest BCUT2D eigenvalue weighted by atomic mass is 10.1. The summed E-state index contributed by atoms with van der Waals surface area (Å²) in [7, 11) is 0. The number of pyridine rings is 1. The van der Waals surface area contributed by atoms with Crippen LogP contribution in [0.4, 0.5) is 0 Å². The normalized spacial score (nSPS) is 18.6. The molecular weight excluding hydrogens is 286 g/mol. The average Bonchev–Trinajstić information content (AvgIpc) is 3.05. The predicted octanol–water partition coefficient (Wildman–Crippen LogP) is 2.33. The molecule has 23 heavy (non-hydrogen) atoms. The summed E-state index contributed by atoms with van der Waals surface area (Å²) < 4.78 is 5.59. The molecule has 2 aliphatic rings. The number of hydrogen-bond donors (Lipinski definition) is 0. The number of nitrogens with zero attached hydrogens (tertiary/aromatic N) is 3. The molecule has 120 valence electrons. The summed E-state index contributed by atoms with van der Waals surface area (Å²) in [6.45, 7) is 7.33. The molecule has 4 heteroatoms. The van der Waals surface area contributed by atoms with Crippen LogP contribution in [-0.4, -0.2) is 47.6 Å². The molecule has 0 amide bonds. The first kappa shape index (κ1) is 14.7. The molecular formula is C19H23N3O. The minimum atomic E-state index is 0.838. The Hall–Kier alpha value is -1.91. The van der Waals surface area contributed by atoms with Gasteiger partial charge in [-0.3, -0.25) is 14.8 Å². The summed E-state index contributed by atoms with van der Waals surface area (Å²) >= 11 is 0. The molecule has 2 aromatic rings. The van der Waals surface area contributed by atoms with Crippen molar-refractivity contribution >= 4 is 0 Å². The Bertz CT molecular complexity index is 651. The maximum Gasteiger partial charge on any atom is 0.122 e. The van der Waals surface area contributed by atoms with Gasteiger partial charge in [0.2, 0.25) is 0 Å². The van der Waals surface area contributed by atoms with Crippen LogP contribution in [0.1, 0.15) is 16.8 Å². The van der Waals surface area contributed by atoms with Crippen LogP contribution in [0.3, 0.4) is 0 Å². The van der Waals surface area contributed by atoms with Crippen molar-refractivity contribution < 1.29 is 4.74 Å². The van der Waals surface area contributed by atoms with E-state index in [-0.39, 0.29) is 0 Å². The van der Waals surface area contributed by atoms with E-state index in [4.69, 9.17) is 4.74 Å².